The number of nitrogens with one attached hydrogen (secondary N) is 1. The lowest BCUT2D eigenvalue weighted by molar-refractivity contribution is -0.107. The van der Waals surface area contributed by atoms with Crippen molar-refractivity contribution < 1.29 is 9.18 Å². The first kappa shape index (κ1) is 15.2. The average molecular weight is 264 g/mol. The average Bonchev–Trinajstić information content (AvgIpc) is 2.42. The molecule has 104 valence electrons. The highest BCUT2D eigenvalue weighted by atomic mass is 19.1. The summed E-state index contributed by atoms with van der Waals surface area (Å²) in [5.41, 5.74) is 7.27. The normalized spacial score (nSPS) is 11.3. The van der Waals surface area contributed by atoms with Gasteiger partial charge in [-0.05, 0) is 42.7 Å². The molecule has 0 aliphatic carbocycles. The van der Waals surface area contributed by atoms with Crippen molar-refractivity contribution in [2.45, 2.75) is 32.1 Å². The van der Waals surface area contributed by atoms with Gasteiger partial charge in [0.2, 0.25) is 0 Å². The maximum Gasteiger partial charge on any atom is 0.123 e. The quantitative estimate of drug-likeness (QED) is 0.532. The van der Waals surface area contributed by atoms with Crippen LogP contribution in [-0.4, -0.2) is 12.8 Å². The minimum absolute atomic E-state index is 0.264. The molecule has 0 unspecified atom stereocenters. The van der Waals surface area contributed by atoms with Crippen LogP contribution in [0.2, 0.25) is 0 Å². The van der Waals surface area contributed by atoms with Crippen LogP contribution in [0.15, 0.2) is 30.5 Å². The van der Waals surface area contributed by atoms with Crippen LogP contribution in [0.4, 0.5) is 4.39 Å². The van der Waals surface area contributed by atoms with Gasteiger partial charge in [-0.25, -0.2) is 4.39 Å². The second-order valence-electron chi connectivity index (χ2n) is 4.43. The van der Waals surface area contributed by atoms with Crippen molar-refractivity contribution in [3.8, 4) is 0 Å². The zero-order valence-electron chi connectivity index (χ0n) is 11.1. The minimum Gasteiger partial charge on any atom is -0.397 e. The van der Waals surface area contributed by atoms with Crippen LogP contribution in [0.25, 0.3) is 5.70 Å². The van der Waals surface area contributed by atoms with E-state index in [0.29, 0.717) is 12.1 Å². The zero-order chi connectivity index (χ0) is 13.9. The molecule has 0 fully saturated rings. The Morgan fingerprint density at radius 3 is 2.53 bits per heavy atom. The van der Waals surface area contributed by atoms with Crippen molar-refractivity contribution in [3.05, 3.63) is 41.8 Å². The monoisotopic (exact) mass is 264 g/mol. The molecular weight excluding hydrogens is 243 g/mol. The summed E-state index contributed by atoms with van der Waals surface area (Å²) >= 11 is 0. The number of carbonyl (C=O) groups is 1. The van der Waals surface area contributed by atoms with Crippen LogP contribution in [0.1, 0.15) is 37.7 Å². The molecule has 1 aromatic carbocycles. The molecular formula is C15H21FN2O. The molecule has 19 heavy (non-hydrogen) atoms. The predicted octanol–water partition coefficient (Wildman–Crippen LogP) is 2.82. The van der Waals surface area contributed by atoms with Crippen LogP contribution in [0, 0.1) is 5.82 Å². The number of rotatable bonds is 9. The molecule has 0 aliphatic heterocycles. The van der Waals surface area contributed by atoms with Crippen LogP contribution in [-0.2, 0) is 4.79 Å². The first-order valence-electron chi connectivity index (χ1n) is 6.62. The zero-order valence-corrected chi connectivity index (χ0v) is 11.1. The Bertz CT molecular complexity index is 401. The summed E-state index contributed by atoms with van der Waals surface area (Å²) in [5.74, 6) is -0.264. The van der Waals surface area contributed by atoms with Gasteiger partial charge < -0.3 is 15.8 Å². The molecule has 0 heterocycles. The Balaban J connectivity index is 2.18. The lowest BCUT2D eigenvalue weighted by Gasteiger charge is -2.04. The van der Waals surface area contributed by atoms with Gasteiger partial charge in [-0.15, -0.1) is 0 Å². The summed E-state index contributed by atoms with van der Waals surface area (Å²) in [6.45, 7) is 0.850. The van der Waals surface area contributed by atoms with E-state index in [1.807, 2.05) is 0 Å². The molecule has 0 aromatic heterocycles. The van der Waals surface area contributed by atoms with E-state index in [1.54, 1.807) is 18.3 Å². The van der Waals surface area contributed by atoms with Crippen molar-refractivity contribution in [3.63, 3.8) is 0 Å². The van der Waals surface area contributed by atoms with Gasteiger partial charge in [0.15, 0.2) is 0 Å². The fraction of sp³-hybridized carbons (Fsp3) is 0.400. The molecule has 0 aliphatic rings. The molecule has 0 bridgehead atoms. The molecule has 3 nitrogen and oxygen atoms in total. The lowest BCUT2D eigenvalue weighted by atomic mass is 10.1. The molecule has 1 rings (SSSR count). The van der Waals surface area contributed by atoms with Gasteiger partial charge in [0.05, 0.1) is 5.70 Å². The molecule has 0 amide bonds. The number of unbranched alkanes of at least 4 members (excludes halogenated alkanes) is 4. The van der Waals surface area contributed by atoms with E-state index < -0.39 is 0 Å². The third kappa shape index (κ3) is 6.60. The largest absolute Gasteiger partial charge is 0.397 e. The lowest BCUT2D eigenvalue weighted by Crippen LogP contribution is -2.10. The molecule has 0 saturated carbocycles. The molecule has 0 radical (unpaired) electrons. The SMILES string of the molecule is N/C(=C\NCCCCCCC=O)c1ccc(F)cc1. The third-order valence-corrected chi connectivity index (χ3v) is 2.83. The van der Waals surface area contributed by atoms with Gasteiger partial charge in [0, 0.05) is 19.2 Å². The predicted molar refractivity (Wildman–Crippen MR) is 75.7 cm³/mol. The van der Waals surface area contributed by atoms with E-state index in [-0.39, 0.29) is 5.82 Å². The van der Waals surface area contributed by atoms with Gasteiger partial charge in [0.1, 0.15) is 12.1 Å². The number of hydrogen-bond donors (Lipinski definition) is 2. The second kappa shape index (κ2) is 9.14. The van der Waals surface area contributed by atoms with Gasteiger partial charge in [-0.2, -0.15) is 0 Å². The number of aldehydes is 1. The molecule has 0 atom stereocenters. The van der Waals surface area contributed by atoms with E-state index in [2.05, 4.69) is 5.32 Å². The Labute approximate surface area is 113 Å². The smallest absolute Gasteiger partial charge is 0.123 e. The van der Waals surface area contributed by atoms with Gasteiger partial charge in [-0.1, -0.05) is 12.8 Å². The van der Waals surface area contributed by atoms with Gasteiger partial charge >= 0.3 is 0 Å². The Hall–Kier alpha value is -1.84. The summed E-state index contributed by atoms with van der Waals surface area (Å²) in [6, 6.07) is 6.09. The number of carbonyl (C=O) groups excluding carboxylic acids is 1. The van der Waals surface area contributed by atoms with E-state index in [1.165, 1.54) is 12.1 Å². The van der Waals surface area contributed by atoms with E-state index >= 15 is 0 Å². The fourth-order valence-corrected chi connectivity index (χ4v) is 1.72. The summed E-state index contributed by atoms with van der Waals surface area (Å²) in [6.07, 6.45) is 7.57. The molecule has 0 spiro atoms. The topological polar surface area (TPSA) is 55.1 Å². The number of hydrogen-bond acceptors (Lipinski definition) is 3. The summed E-state index contributed by atoms with van der Waals surface area (Å²) < 4.78 is 12.7. The van der Waals surface area contributed by atoms with E-state index in [4.69, 9.17) is 5.73 Å². The first-order valence-corrected chi connectivity index (χ1v) is 6.62. The van der Waals surface area contributed by atoms with Crippen LogP contribution >= 0.6 is 0 Å². The van der Waals surface area contributed by atoms with Gasteiger partial charge in [-0.3, -0.25) is 0 Å². The highest BCUT2D eigenvalue weighted by Gasteiger charge is 1.96. The molecule has 0 saturated heterocycles. The third-order valence-electron chi connectivity index (χ3n) is 2.83. The standard InChI is InChI=1S/C15H21FN2O/c16-14-8-6-13(7-9-14)15(17)12-18-10-4-2-1-3-5-11-19/h6-9,11-12,18H,1-5,10,17H2/b15-12-. The molecule has 4 heteroatoms. The summed E-state index contributed by atoms with van der Waals surface area (Å²) in [7, 11) is 0. The maximum absolute atomic E-state index is 12.7. The highest BCUT2D eigenvalue weighted by molar-refractivity contribution is 5.61. The molecule has 3 N–H and O–H groups in total. The summed E-state index contributed by atoms with van der Waals surface area (Å²) in [5, 5.41) is 3.14. The highest BCUT2D eigenvalue weighted by Crippen LogP contribution is 2.09. The van der Waals surface area contributed by atoms with Crippen molar-refractivity contribution >= 4 is 12.0 Å². The first-order chi connectivity index (χ1) is 9.24. The van der Waals surface area contributed by atoms with Crippen molar-refractivity contribution in [1.82, 2.24) is 5.32 Å². The van der Waals surface area contributed by atoms with Gasteiger partial charge in [0.25, 0.3) is 0 Å². The summed E-state index contributed by atoms with van der Waals surface area (Å²) in [4.78, 5) is 10.1. The molecule has 1 aromatic rings. The Morgan fingerprint density at radius 1 is 1.16 bits per heavy atom. The Morgan fingerprint density at radius 2 is 1.84 bits per heavy atom. The van der Waals surface area contributed by atoms with E-state index in [9.17, 15) is 9.18 Å². The number of benzene rings is 1. The van der Waals surface area contributed by atoms with Crippen LogP contribution in [0.5, 0.6) is 0 Å². The number of halogens is 1. The van der Waals surface area contributed by atoms with Crippen molar-refractivity contribution in [2.24, 2.45) is 5.73 Å². The maximum atomic E-state index is 12.7. The Kier molecular flexibility index (Phi) is 7.32. The minimum atomic E-state index is -0.264. The van der Waals surface area contributed by atoms with Crippen molar-refractivity contribution in [1.29, 1.82) is 0 Å². The van der Waals surface area contributed by atoms with Crippen LogP contribution < -0.4 is 11.1 Å². The van der Waals surface area contributed by atoms with Crippen LogP contribution in [0.3, 0.4) is 0 Å². The fourth-order valence-electron chi connectivity index (χ4n) is 1.72. The van der Waals surface area contributed by atoms with Crippen molar-refractivity contribution in [2.75, 3.05) is 6.54 Å². The van der Waals surface area contributed by atoms with E-state index in [0.717, 1.165) is 44.1 Å². The number of nitrogens with two attached hydrogens (primary N) is 1. The second-order valence-corrected chi connectivity index (χ2v) is 4.43.